The van der Waals surface area contributed by atoms with Crippen molar-refractivity contribution in [2.45, 2.75) is 13.0 Å². The van der Waals surface area contributed by atoms with Gasteiger partial charge in [-0.1, -0.05) is 12.1 Å². The SMILES string of the molecule is C[C@@H](CO)NC(=O)Nc1ccccc1[N+](=O)[O-]. The summed E-state index contributed by atoms with van der Waals surface area (Å²) in [7, 11) is 0. The lowest BCUT2D eigenvalue weighted by atomic mass is 10.2. The van der Waals surface area contributed by atoms with Crippen LogP contribution in [0.2, 0.25) is 0 Å². The molecule has 0 saturated heterocycles. The van der Waals surface area contributed by atoms with Gasteiger partial charge in [0.05, 0.1) is 17.6 Å². The van der Waals surface area contributed by atoms with Gasteiger partial charge in [-0.3, -0.25) is 10.1 Å². The fourth-order valence-corrected chi connectivity index (χ4v) is 1.17. The molecule has 7 heteroatoms. The van der Waals surface area contributed by atoms with Gasteiger partial charge in [-0.15, -0.1) is 0 Å². The van der Waals surface area contributed by atoms with Crippen LogP contribution in [-0.2, 0) is 0 Å². The Morgan fingerprint density at radius 3 is 2.76 bits per heavy atom. The van der Waals surface area contributed by atoms with Gasteiger partial charge in [0.1, 0.15) is 5.69 Å². The Morgan fingerprint density at radius 2 is 2.18 bits per heavy atom. The monoisotopic (exact) mass is 239 g/mol. The summed E-state index contributed by atoms with van der Waals surface area (Å²) < 4.78 is 0. The molecule has 0 fully saturated rings. The molecule has 0 aromatic heterocycles. The third-order valence-electron chi connectivity index (χ3n) is 2.00. The molecule has 0 radical (unpaired) electrons. The first-order valence-corrected chi connectivity index (χ1v) is 4.96. The minimum atomic E-state index is -0.596. The number of aliphatic hydroxyl groups is 1. The van der Waals surface area contributed by atoms with E-state index in [0.29, 0.717) is 0 Å². The summed E-state index contributed by atoms with van der Waals surface area (Å²) in [5, 5.41) is 24.2. The smallest absolute Gasteiger partial charge is 0.319 e. The largest absolute Gasteiger partial charge is 0.394 e. The van der Waals surface area contributed by atoms with Gasteiger partial charge in [-0.05, 0) is 13.0 Å². The number of benzene rings is 1. The van der Waals surface area contributed by atoms with Gasteiger partial charge in [0, 0.05) is 6.07 Å². The van der Waals surface area contributed by atoms with Crippen molar-refractivity contribution in [3.8, 4) is 0 Å². The average molecular weight is 239 g/mol. The summed E-state index contributed by atoms with van der Waals surface area (Å²) in [6.45, 7) is 1.41. The van der Waals surface area contributed by atoms with E-state index in [0.717, 1.165) is 0 Å². The number of carbonyl (C=O) groups excluding carboxylic acids is 1. The van der Waals surface area contributed by atoms with Crippen molar-refractivity contribution in [2.24, 2.45) is 0 Å². The molecule has 1 rings (SSSR count). The maximum absolute atomic E-state index is 11.4. The van der Waals surface area contributed by atoms with Crippen LogP contribution in [0.15, 0.2) is 24.3 Å². The van der Waals surface area contributed by atoms with Crippen LogP contribution < -0.4 is 10.6 Å². The van der Waals surface area contributed by atoms with Crippen molar-refractivity contribution in [3.05, 3.63) is 34.4 Å². The van der Waals surface area contributed by atoms with Crippen molar-refractivity contribution in [3.63, 3.8) is 0 Å². The lowest BCUT2D eigenvalue weighted by molar-refractivity contribution is -0.383. The molecule has 92 valence electrons. The summed E-state index contributed by atoms with van der Waals surface area (Å²) in [4.78, 5) is 21.5. The first-order chi connectivity index (χ1) is 8.04. The first kappa shape index (κ1) is 12.9. The van der Waals surface area contributed by atoms with Gasteiger partial charge in [0.15, 0.2) is 0 Å². The Labute approximate surface area is 97.6 Å². The van der Waals surface area contributed by atoms with E-state index < -0.39 is 17.0 Å². The zero-order valence-corrected chi connectivity index (χ0v) is 9.21. The van der Waals surface area contributed by atoms with Gasteiger partial charge < -0.3 is 15.7 Å². The van der Waals surface area contributed by atoms with Crippen LogP contribution in [0.5, 0.6) is 0 Å². The predicted octanol–water partition coefficient (Wildman–Crippen LogP) is 1.10. The lowest BCUT2D eigenvalue weighted by Crippen LogP contribution is -2.38. The number of rotatable bonds is 4. The summed E-state index contributed by atoms with van der Waals surface area (Å²) >= 11 is 0. The van der Waals surface area contributed by atoms with Crippen LogP contribution in [0.4, 0.5) is 16.2 Å². The second-order valence-corrected chi connectivity index (χ2v) is 3.46. The predicted molar refractivity (Wildman–Crippen MR) is 61.8 cm³/mol. The van der Waals surface area contributed by atoms with E-state index in [-0.39, 0.29) is 18.0 Å². The Hall–Kier alpha value is -2.15. The third kappa shape index (κ3) is 3.72. The number of urea groups is 1. The molecule has 7 nitrogen and oxygen atoms in total. The number of amides is 2. The van der Waals surface area contributed by atoms with E-state index in [2.05, 4.69) is 10.6 Å². The highest BCUT2D eigenvalue weighted by Gasteiger charge is 2.15. The van der Waals surface area contributed by atoms with E-state index in [9.17, 15) is 14.9 Å². The van der Waals surface area contributed by atoms with Gasteiger partial charge in [0.2, 0.25) is 0 Å². The molecule has 0 saturated carbocycles. The molecule has 0 unspecified atom stereocenters. The number of hydrogen-bond acceptors (Lipinski definition) is 4. The average Bonchev–Trinajstić information content (AvgIpc) is 2.29. The Bertz CT molecular complexity index is 422. The highest BCUT2D eigenvalue weighted by Crippen LogP contribution is 2.22. The quantitative estimate of drug-likeness (QED) is 0.540. The van der Waals surface area contributed by atoms with E-state index in [4.69, 9.17) is 5.11 Å². The van der Waals surface area contributed by atoms with Gasteiger partial charge in [0.25, 0.3) is 5.69 Å². The molecular weight excluding hydrogens is 226 g/mol. The number of nitro benzene ring substituents is 1. The highest BCUT2D eigenvalue weighted by molar-refractivity contribution is 5.91. The number of anilines is 1. The highest BCUT2D eigenvalue weighted by atomic mass is 16.6. The molecule has 0 aliphatic heterocycles. The third-order valence-corrected chi connectivity index (χ3v) is 2.00. The molecule has 0 heterocycles. The Kier molecular flexibility index (Phi) is 4.41. The molecule has 17 heavy (non-hydrogen) atoms. The number of nitrogens with zero attached hydrogens (tertiary/aromatic N) is 1. The summed E-state index contributed by atoms with van der Waals surface area (Å²) in [5.41, 5.74) is -0.0700. The summed E-state index contributed by atoms with van der Waals surface area (Å²) in [6, 6.07) is 4.81. The van der Waals surface area contributed by atoms with Crippen LogP contribution in [-0.4, -0.2) is 28.7 Å². The normalized spacial score (nSPS) is 11.6. The summed E-state index contributed by atoms with van der Waals surface area (Å²) in [6.07, 6.45) is 0. The number of nitro groups is 1. The van der Waals surface area contributed by atoms with E-state index >= 15 is 0 Å². The zero-order valence-electron chi connectivity index (χ0n) is 9.21. The molecule has 0 spiro atoms. The van der Waals surface area contributed by atoms with Crippen molar-refractivity contribution < 1.29 is 14.8 Å². The van der Waals surface area contributed by atoms with Gasteiger partial charge in [-0.2, -0.15) is 0 Å². The molecule has 1 aromatic carbocycles. The molecule has 2 amide bonds. The van der Waals surface area contributed by atoms with Crippen LogP contribution in [0, 0.1) is 10.1 Å². The second kappa shape index (κ2) is 5.80. The first-order valence-electron chi connectivity index (χ1n) is 4.96. The Morgan fingerprint density at radius 1 is 1.53 bits per heavy atom. The van der Waals surface area contributed by atoms with Gasteiger partial charge in [-0.25, -0.2) is 4.79 Å². The van der Waals surface area contributed by atoms with Crippen molar-refractivity contribution in [2.75, 3.05) is 11.9 Å². The molecule has 3 N–H and O–H groups in total. The van der Waals surface area contributed by atoms with Crippen LogP contribution in [0.1, 0.15) is 6.92 Å². The molecule has 1 aromatic rings. The standard InChI is InChI=1S/C10H13N3O4/c1-7(6-14)11-10(15)12-8-4-2-3-5-9(8)13(16)17/h2-5,7,14H,6H2,1H3,(H2,11,12,15)/t7-/m0/s1. The molecular formula is C10H13N3O4. The molecule has 0 aliphatic carbocycles. The number of hydrogen-bond donors (Lipinski definition) is 3. The van der Waals surface area contributed by atoms with E-state index in [1.165, 1.54) is 18.2 Å². The fraction of sp³-hybridized carbons (Fsp3) is 0.300. The van der Waals surface area contributed by atoms with Crippen molar-refractivity contribution in [1.29, 1.82) is 0 Å². The fourth-order valence-electron chi connectivity index (χ4n) is 1.17. The van der Waals surface area contributed by atoms with Gasteiger partial charge >= 0.3 is 6.03 Å². The lowest BCUT2D eigenvalue weighted by Gasteiger charge is -2.11. The molecule has 0 bridgehead atoms. The molecule has 0 aliphatic rings. The van der Waals surface area contributed by atoms with E-state index in [1.54, 1.807) is 13.0 Å². The maximum Gasteiger partial charge on any atom is 0.319 e. The van der Waals surface area contributed by atoms with E-state index in [1.807, 2.05) is 0 Å². The number of para-hydroxylation sites is 2. The topological polar surface area (TPSA) is 104 Å². The minimum absolute atomic E-state index is 0.111. The Balaban J connectivity index is 2.74. The van der Waals surface area contributed by atoms with Crippen molar-refractivity contribution in [1.82, 2.24) is 5.32 Å². The number of carbonyl (C=O) groups is 1. The molecule has 1 atom stereocenters. The zero-order chi connectivity index (χ0) is 12.8. The minimum Gasteiger partial charge on any atom is -0.394 e. The van der Waals surface area contributed by atoms with Crippen molar-refractivity contribution >= 4 is 17.4 Å². The van der Waals surface area contributed by atoms with Crippen LogP contribution in [0.3, 0.4) is 0 Å². The second-order valence-electron chi connectivity index (χ2n) is 3.46. The van der Waals surface area contributed by atoms with Crippen LogP contribution in [0.25, 0.3) is 0 Å². The number of aliphatic hydroxyl groups excluding tert-OH is 1. The number of nitrogens with one attached hydrogen (secondary N) is 2. The van der Waals surface area contributed by atoms with Crippen LogP contribution >= 0.6 is 0 Å². The maximum atomic E-state index is 11.4. The summed E-state index contributed by atoms with van der Waals surface area (Å²) in [5.74, 6) is 0.